The molecule has 0 aliphatic carbocycles. The first-order valence-electron chi connectivity index (χ1n) is 7.05. The summed E-state index contributed by atoms with van der Waals surface area (Å²) < 4.78 is 5.21. The second-order valence-corrected chi connectivity index (χ2v) is 6.28. The lowest BCUT2D eigenvalue weighted by molar-refractivity contribution is -0.864. The number of likely N-dealkylation sites (N-methyl/N-ethyl adjacent to an activating group) is 1. The second kappa shape index (κ2) is 12.6. The molecule has 136 valence electrons. The predicted molar refractivity (Wildman–Crippen MR) is 86.8 cm³/mol. The van der Waals surface area contributed by atoms with Crippen molar-refractivity contribution < 1.29 is 28.7 Å². The maximum absolute atomic E-state index is 10.9. The molecule has 0 saturated carbocycles. The Labute approximate surface area is 138 Å². The smallest absolute Gasteiger partial charge is 0.325 e. The van der Waals surface area contributed by atoms with E-state index in [4.69, 9.17) is 10.5 Å². The molecular formula is C15H31N3O5. The number of nitrogens with two attached hydrogens (primary N) is 2. The molecule has 0 aromatic rings. The lowest BCUT2D eigenvalue weighted by Crippen LogP contribution is -2.45. The zero-order valence-electron chi connectivity index (χ0n) is 15.0. The number of esters is 1. The van der Waals surface area contributed by atoms with Gasteiger partial charge in [0.05, 0.1) is 33.7 Å². The summed E-state index contributed by atoms with van der Waals surface area (Å²) in [5, 5.41) is 9.89. The van der Waals surface area contributed by atoms with Crippen molar-refractivity contribution in [2.45, 2.75) is 32.7 Å². The fraction of sp³-hybridized carbons (Fsp3) is 0.667. The number of hydrogen-bond acceptors (Lipinski definition) is 6. The molecule has 0 radical (unpaired) electrons. The van der Waals surface area contributed by atoms with Crippen molar-refractivity contribution in [3.8, 4) is 0 Å². The second-order valence-electron chi connectivity index (χ2n) is 6.28. The molecular weight excluding hydrogens is 302 g/mol. The standard InChI is InChI=1S/C7H15NO2.C5H11NO2.C3H5NO/c1-4-5-10-6(9)7(2,3)8;1-6(2,3)4-5(7)8;1-2-3(4)5/h4-5,8H2,1-3H3;4H2,1-3H3;2H,1H2,(H2,4,5). The summed E-state index contributed by atoms with van der Waals surface area (Å²) in [7, 11) is 5.40. The van der Waals surface area contributed by atoms with Gasteiger partial charge in [0.15, 0.2) is 0 Å². The molecule has 0 spiro atoms. The monoisotopic (exact) mass is 333 g/mol. The van der Waals surface area contributed by atoms with Crippen LogP contribution in [0.5, 0.6) is 0 Å². The van der Waals surface area contributed by atoms with Gasteiger partial charge in [-0.2, -0.15) is 0 Å². The van der Waals surface area contributed by atoms with Crippen molar-refractivity contribution in [2.24, 2.45) is 11.5 Å². The molecule has 0 rings (SSSR count). The van der Waals surface area contributed by atoms with Crippen molar-refractivity contribution in [3.63, 3.8) is 0 Å². The van der Waals surface area contributed by atoms with Crippen LogP contribution in [0.15, 0.2) is 12.7 Å². The molecule has 1 amide bonds. The number of rotatable bonds is 6. The number of amides is 1. The molecule has 0 fully saturated rings. The van der Waals surface area contributed by atoms with Crippen molar-refractivity contribution in [2.75, 3.05) is 34.3 Å². The Kier molecular flexibility index (Phi) is 14.2. The van der Waals surface area contributed by atoms with Gasteiger partial charge in [-0.1, -0.05) is 13.5 Å². The van der Waals surface area contributed by atoms with Crippen LogP contribution >= 0.6 is 0 Å². The van der Waals surface area contributed by atoms with Gasteiger partial charge in [-0.3, -0.25) is 9.59 Å². The summed E-state index contributed by atoms with van der Waals surface area (Å²) >= 11 is 0. The minimum atomic E-state index is -1.00. The van der Waals surface area contributed by atoms with Gasteiger partial charge in [-0.25, -0.2) is 0 Å². The third kappa shape index (κ3) is 28.9. The molecule has 0 heterocycles. The summed E-state index contributed by atoms with van der Waals surface area (Å²) in [6.07, 6.45) is 1.89. The highest BCUT2D eigenvalue weighted by Gasteiger charge is 2.22. The lowest BCUT2D eigenvalue weighted by Gasteiger charge is -2.23. The van der Waals surface area contributed by atoms with Crippen LogP contribution in [0.4, 0.5) is 0 Å². The molecule has 23 heavy (non-hydrogen) atoms. The fourth-order valence-electron chi connectivity index (χ4n) is 0.768. The van der Waals surface area contributed by atoms with Gasteiger partial charge in [0.25, 0.3) is 0 Å². The van der Waals surface area contributed by atoms with E-state index < -0.39 is 17.4 Å². The Hall–Kier alpha value is -1.93. The Balaban J connectivity index is -0.000000276. The summed E-state index contributed by atoms with van der Waals surface area (Å²) in [6, 6.07) is 0. The van der Waals surface area contributed by atoms with E-state index in [-0.39, 0.29) is 12.5 Å². The lowest BCUT2D eigenvalue weighted by atomic mass is 10.1. The average molecular weight is 333 g/mol. The van der Waals surface area contributed by atoms with E-state index in [2.05, 4.69) is 12.3 Å². The average Bonchev–Trinajstić information content (AvgIpc) is 2.33. The zero-order chi connectivity index (χ0) is 19.3. The molecule has 8 nitrogen and oxygen atoms in total. The summed E-state index contributed by atoms with van der Waals surface area (Å²) in [4.78, 5) is 30.2. The first-order chi connectivity index (χ1) is 10.2. The van der Waals surface area contributed by atoms with Crippen LogP contribution in [-0.2, 0) is 19.1 Å². The Morgan fingerprint density at radius 1 is 1.26 bits per heavy atom. The van der Waals surface area contributed by atoms with Gasteiger partial charge >= 0.3 is 5.97 Å². The highest BCUT2D eigenvalue weighted by Crippen LogP contribution is 1.99. The van der Waals surface area contributed by atoms with E-state index in [9.17, 15) is 19.5 Å². The number of hydrogen-bond donors (Lipinski definition) is 2. The number of carbonyl (C=O) groups is 3. The predicted octanol–water partition coefficient (Wildman–Crippen LogP) is -1.22. The highest BCUT2D eigenvalue weighted by molar-refractivity contribution is 5.85. The quantitative estimate of drug-likeness (QED) is 0.355. The third-order valence-corrected chi connectivity index (χ3v) is 1.77. The molecule has 0 aliphatic rings. The van der Waals surface area contributed by atoms with E-state index in [0.717, 1.165) is 12.5 Å². The van der Waals surface area contributed by atoms with E-state index >= 15 is 0 Å². The maximum atomic E-state index is 10.9. The van der Waals surface area contributed by atoms with Crippen LogP contribution in [0.2, 0.25) is 0 Å². The van der Waals surface area contributed by atoms with E-state index in [1.807, 2.05) is 6.92 Å². The van der Waals surface area contributed by atoms with Gasteiger partial charge in [-0.05, 0) is 26.3 Å². The normalized spacial score (nSPS) is 10.2. The molecule has 8 heteroatoms. The SMILES string of the molecule is C=CC(N)=O.CCCOC(=O)C(C)(C)N.C[N+](C)(C)CC(=O)[O-]. The van der Waals surface area contributed by atoms with Crippen molar-refractivity contribution in [1.29, 1.82) is 0 Å². The van der Waals surface area contributed by atoms with Crippen molar-refractivity contribution in [1.82, 2.24) is 0 Å². The number of ether oxygens (including phenoxy) is 1. The molecule has 0 bridgehead atoms. The Morgan fingerprint density at radius 2 is 1.65 bits per heavy atom. The van der Waals surface area contributed by atoms with Crippen LogP contribution in [0.25, 0.3) is 0 Å². The van der Waals surface area contributed by atoms with Crippen LogP contribution in [0.3, 0.4) is 0 Å². The Bertz CT molecular complexity index is 382. The van der Waals surface area contributed by atoms with Crippen molar-refractivity contribution in [3.05, 3.63) is 12.7 Å². The zero-order valence-corrected chi connectivity index (χ0v) is 15.0. The van der Waals surface area contributed by atoms with E-state index in [0.29, 0.717) is 11.1 Å². The molecule has 0 aromatic carbocycles. The highest BCUT2D eigenvalue weighted by atomic mass is 16.5. The first kappa shape index (κ1) is 26.0. The molecule has 0 saturated heterocycles. The van der Waals surface area contributed by atoms with Crippen LogP contribution in [0.1, 0.15) is 27.2 Å². The minimum Gasteiger partial charge on any atom is -0.544 e. The first-order valence-corrected chi connectivity index (χ1v) is 7.05. The minimum absolute atomic E-state index is 0.0694. The van der Waals surface area contributed by atoms with E-state index in [1.165, 1.54) is 0 Å². The van der Waals surface area contributed by atoms with Gasteiger partial charge in [0, 0.05) is 0 Å². The van der Waals surface area contributed by atoms with Crippen LogP contribution in [-0.4, -0.2) is 62.2 Å². The molecule has 0 aromatic heterocycles. The summed E-state index contributed by atoms with van der Waals surface area (Å²) in [6.45, 7) is 8.81. The summed E-state index contributed by atoms with van der Waals surface area (Å²) in [5.74, 6) is -1.82. The molecule has 0 aliphatic heterocycles. The van der Waals surface area contributed by atoms with Gasteiger partial charge < -0.3 is 30.6 Å². The summed E-state index contributed by atoms with van der Waals surface area (Å²) in [5.41, 5.74) is 9.13. The number of aliphatic carboxylic acids is 1. The third-order valence-electron chi connectivity index (χ3n) is 1.77. The van der Waals surface area contributed by atoms with Gasteiger partial charge in [0.2, 0.25) is 5.91 Å². The van der Waals surface area contributed by atoms with Gasteiger partial charge in [0.1, 0.15) is 12.1 Å². The number of carboxylic acids is 1. The Morgan fingerprint density at radius 3 is 1.78 bits per heavy atom. The number of primary amides is 1. The van der Waals surface area contributed by atoms with Crippen molar-refractivity contribution >= 4 is 17.8 Å². The topological polar surface area (TPSA) is 136 Å². The number of carbonyl (C=O) groups excluding carboxylic acids is 3. The van der Waals surface area contributed by atoms with Crippen LogP contribution < -0.4 is 16.6 Å². The molecule has 4 N–H and O–H groups in total. The number of carboxylic acid groups (broad SMARTS) is 1. The largest absolute Gasteiger partial charge is 0.544 e. The molecule has 0 unspecified atom stereocenters. The molecule has 0 atom stereocenters. The maximum Gasteiger partial charge on any atom is 0.325 e. The number of quaternary nitrogens is 1. The number of nitrogens with zero attached hydrogens (tertiary/aromatic N) is 1. The van der Waals surface area contributed by atoms with Gasteiger partial charge in [-0.15, -0.1) is 0 Å². The van der Waals surface area contributed by atoms with Crippen LogP contribution in [0, 0.1) is 0 Å². The fourth-order valence-corrected chi connectivity index (χ4v) is 0.768. The van der Waals surface area contributed by atoms with E-state index in [1.54, 1.807) is 35.0 Å².